The highest BCUT2D eigenvalue weighted by atomic mass is 32.2. The van der Waals surface area contributed by atoms with E-state index in [1.54, 1.807) is 6.92 Å². The van der Waals surface area contributed by atoms with Crippen molar-refractivity contribution in [3.63, 3.8) is 0 Å². The van der Waals surface area contributed by atoms with Gasteiger partial charge in [0.05, 0.1) is 9.80 Å². The first kappa shape index (κ1) is 17.0. The van der Waals surface area contributed by atoms with Gasteiger partial charge in [0.25, 0.3) is 0 Å². The second kappa shape index (κ2) is 6.95. The quantitative estimate of drug-likeness (QED) is 0.745. The van der Waals surface area contributed by atoms with Crippen LogP contribution >= 0.6 is 0 Å². The minimum absolute atomic E-state index is 0.0742. The van der Waals surface area contributed by atoms with Gasteiger partial charge in [0.1, 0.15) is 5.75 Å². The number of phenols is 1. The van der Waals surface area contributed by atoms with Gasteiger partial charge in [0, 0.05) is 5.57 Å². The zero-order valence-corrected chi connectivity index (χ0v) is 14.6. The Labute approximate surface area is 147 Å². The highest BCUT2D eigenvalue weighted by Gasteiger charge is 2.22. The van der Waals surface area contributed by atoms with Gasteiger partial charge in [-0.25, -0.2) is 8.42 Å². The van der Waals surface area contributed by atoms with Crippen molar-refractivity contribution in [1.29, 1.82) is 0 Å². The van der Waals surface area contributed by atoms with Crippen LogP contribution in [-0.4, -0.2) is 13.5 Å². The van der Waals surface area contributed by atoms with Gasteiger partial charge in [-0.1, -0.05) is 66.7 Å². The fourth-order valence-corrected chi connectivity index (χ4v) is 4.14. The summed E-state index contributed by atoms with van der Waals surface area (Å²) in [6, 6.07) is 24.6. The third kappa shape index (κ3) is 3.49. The molecule has 3 aromatic rings. The Morgan fingerprint density at radius 1 is 0.760 bits per heavy atom. The zero-order chi connectivity index (χ0) is 17.9. The zero-order valence-electron chi connectivity index (χ0n) is 13.8. The fraction of sp³-hybridized carbons (Fsp3) is 0.0476. The molecule has 0 radical (unpaired) electrons. The number of benzene rings is 3. The van der Waals surface area contributed by atoms with E-state index >= 15 is 0 Å². The van der Waals surface area contributed by atoms with E-state index in [2.05, 4.69) is 0 Å². The summed E-state index contributed by atoms with van der Waals surface area (Å²) in [6.07, 6.45) is 0. The molecule has 25 heavy (non-hydrogen) atoms. The number of rotatable bonds is 4. The maximum atomic E-state index is 13.1. The van der Waals surface area contributed by atoms with E-state index in [1.807, 2.05) is 60.7 Å². The number of sulfone groups is 1. The van der Waals surface area contributed by atoms with Crippen LogP contribution in [0.3, 0.4) is 0 Å². The molecule has 0 atom stereocenters. The topological polar surface area (TPSA) is 54.4 Å². The van der Waals surface area contributed by atoms with E-state index in [9.17, 15) is 13.5 Å². The molecular weight excluding hydrogens is 332 g/mol. The molecule has 0 saturated carbocycles. The Morgan fingerprint density at radius 2 is 1.28 bits per heavy atom. The molecular formula is C21H18O3S. The normalized spacial score (nSPS) is 11.1. The van der Waals surface area contributed by atoms with E-state index in [4.69, 9.17) is 0 Å². The number of aromatic hydroxyl groups is 1. The molecule has 0 heterocycles. The SMILES string of the molecule is CC(=C(c1ccccc1)c1ccccc1)S(=O)(=O)c1cccc(O)c1. The predicted octanol–water partition coefficient (Wildman–Crippen LogP) is 4.65. The lowest BCUT2D eigenvalue weighted by Crippen LogP contribution is -2.06. The molecule has 0 aromatic heterocycles. The predicted molar refractivity (Wildman–Crippen MR) is 99.9 cm³/mol. The number of phenolic OH excluding ortho intramolecular Hbond substituents is 1. The average Bonchev–Trinajstić information content (AvgIpc) is 2.63. The van der Waals surface area contributed by atoms with Gasteiger partial charge in [-0.05, 0) is 36.2 Å². The highest BCUT2D eigenvalue weighted by Crippen LogP contribution is 2.33. The molecule has 0 aliphatic rings. The van der Waals surface area contributed by atoms with E-state index < -0.39 is 9.84 Å². The molecule has 0 spiro atoms. The van der Waals surface area contributed by atoms with Crippen molar-refractivity contribution in [2.75, 3.05) is 0 Å². The van der Waals surface area contributed by atoms with Crippen LogP contribution in [0.4, 0.5) is 0 Å². The largest absolute Gasteiger partial charge is 0.508 e. The van der Waals surface area contributed by atoms with Gasteiger partial charge in [-0.3, -0.25) is 0 Å². The van der Waals surface area contributed by atoms with Crippen LogP contribution in [0.2, 0.25) is 0 Å². The van der Waals surface area contributed by atoms with Crippen LogP contribution in [0.25, 0.3) is 5.57 Å². The average molecular weight is 350 g/mol. The van der Waals surface area contributed by atoms with E-state index in [-0.39, 0.29) is 15.6 Å². The van der Waals surface area contributed by atoms with E-state index in [0.717, 1.165) is 11.1 Å². The molecule has 0 unspecified atom stereocenters. The molecule has 0 amide bonds. The summed E-state index contributed by atoms with van der Waals surface area (Å²) in [5, 5.41) is 9.65. The van der Waals surface area contributed by atoms with Crippen molar-refractivity contribution in [3.8, 4) is 5.75 Å². The summed E-state index contributed by atoms with van der Waals surface area (Å²) >= 11 is 0. The third-order valence-electron chi connectivity index (χ3n) is 4.01. The lowest BCUT2D eigenvalue weighted by molar-refractivity contribution is 0.473. The van der Waals surface area contributed by atoms with E-state index in [1.165, 1.54) is 24.3 Å². The van der Waals surface area contributed by atoms with Crippen LogP contribution in [0.5, 0.6) is 5.75 Å². The van der Waals surface area contributed by atoms with Crippen molar-refractivity contribution in [2.24, 2.45) is 0 Å². The molecule has 0 bridgehead atoms. The summed E-state index contributed by atoms with van der Waals surface area (Å²) in [5.41, 5.74) is 2.31. The summed E-state index contributed by atoms with van der Waals surface area (Å²) in [4.78, 5) is 0.324. The molecule has 126 valence electrons. The first-order valence-corrected chi connectivity index (χ1v) is 9.34. The van der Waals surface area contributed by atoms with Gasteiger partial charge in [-0.2, -0.15) is 0 Å². The van der Waals surface area contributed by atoms with Gasteiger partial charge in [-0.15, -0.1) is 0 Å². The van der Waals surface area contributed by atoms with Crippen LogP contribution in [0.1, 0.15) is 18.1 Å². The first-order chi connectivity index (χ1) is 12.0. The van der Waals surface area contributed by atoms with E-state index in [0.29, 0.717) is 5.57 Å². The number of allylic oxidation sites excluding steroid dienone is 1. The Bertz CT molecular complexity index is 964. The molecule has 3 rings (SSSR count). The molecule has 3 aromatic carbocycles. The second-order valence-corrected chi connectivity index (χ2v) is 7.75. The molecule has 0 aliphatic heterocycles. The van der Waals surface area contributed by atoms with Gasteiger partial charge < -0.3 is 5.11 Å². The smallest absolute Gasteiger partial charge is 0.203 e. The standard InChI is InChI=1S/C21H18O3S/c1-16(25(23,24)20-14-8-13-19(22)15-20)21(17-9-4-2-5-10-17)18-11-6-3-7-12-18/h2-15,22H,1H3. The fourth-order valence-electron chi connectivity index (χ4n) is 2.74. The van der Waals surface area contributed by atoms with Crippen molar-refractivity contribution in [3.05, 3.63) is 101 Å². The van der Waals surface area contributed by atoms with Gasteiger partial charge >= 0.3 is 0 Å². The molecule has 0 fully saturated rings. The Balaban J connectivity index is 2.27. The highest BCUT2D eigenvalue weighted by molar-refractivity contribution is 7.95. The Hall–Kier alpha value is -2.85. The third-order valence-corrected chi connectivity index (χ3v) is 5.89. The lowest BCUT2D eigenvalue weighted by atomic mass is 9.98. The van der Waals surface area contributed by atoms with Crippen LogP contribution in [0, 0.1) is 0 Å². The molecule has 0 saturated heterocycles. The van der Waals surface area contributed by atoms with Crippen molar-refractivity contribution >= 4 is 15.4 Å². The molecule has 3 nitrogen and oxygen atoms in total. The summed E-state index contributed by atoms with van der Waals surface area (Å²) in [5.74, 6) is -0.0742. The summed E-state index contributed by atoms with van der Waals surface area (Å²) < 4.78 is 26.2. The summed E-state index contributed by atoms with van der Waals surface area (Å²) in [6.45, 7) is 1.61. The van der Waals surface area contributed by atoms with Crippen molar-refractivity contribution in [2.45, 2.75) is 11.8 Å². The van der Waals surface area contributed by atoms with Crippen LogP contribution < -0.4 is 0 Å². The maximum absolute atomic E-state index is 13.1. The number of hydrogen-bond acceptors (Lipinski definition) is 3. The van der Waals surface area contributed by atoms with Crippen molar-refractivity contribution in [1.82, 2.24) is 0 Å². The monoisotopic (exact) mass is 350 g/mol. The molecule has 0 aliphatic carbocycles. The molecule has 4 heteroatoms. The minimum atomic E-state index is -3.74. The van der Waals surface area contributed by atoms with Gasteiger partial charge in [0.2, 0.25) is 9.84 Å². The van der Waals surface area contributed by atoms with Crippen LogP contribution in [0.15, 0.2) is 94.7 Å². The summed E-state index contributed by atoms with van der Waals surface area (Å²) in [7, 11) is -3.74. The Morgan fingerprint density at radius 3 is 1.76 bits per heavy atom. The number of hydrogen-bond donors (Lipinski definition) is 1. The lowest BCUT2D eigenvalue weighted by Gasteiger charge is -2.14. The van der Waals surface area contributed by atoms with Crippen molar-refractivity contribution < 1.29 is 13.5 Å². The van der Waals surface area contributed by atoms with Gasteiger partial charge in [0.15, 0.2) is 0 Å². The molecule has 1 N–H and O–H groups in total. The maximum Gasteiger partial charge on any atom is 0.203 e. The minimum Gasteiger partial charge on any atom is -0.508 e. The van der Waals surface area contributed by atoms with Crippen LogP contribution in [-0.2, 0) is 9.84 Å². The second-order valence-electron chi connectivity index (χ2n) is 5.66. The first-order valence-electron chi connectivity index (χ1n) is 7.86. The Kier molecular flexibility index (Phi) is 4.72.